The Bertz CT molecular complexity index is 948. The summed E-state index contributed by atoms with van der Waals surface area (Å²) >= 11 is 12.0. The fourth-order valence-corrected chi connectivity index (χ4v) is 2.75. The number of halogens is 2. The molecule has 0 aliphatic rings. The quantitative estimate of drug-likeness (QED) is 0.497. The molecule has 6 heteroatoms. The summed E-state index contributed by atoms with van der Waals surface area (Å²) in [7, 11) is 0. The molecule has 0 bridgehead atoms. The molecule has 0 atom stereocenters. The van der Waals surface area contributed by atoms with E-state index in [1.807, 2.05) is 37.3 Å². The van der Waals surface area contributed by atoms with E-state index in [1.54, 1.807) is 24.3 Å². The van der Waals surface area contributed by atoms with Crippen LogP contribution in [0.25, 0.3) is 11.3 Å². The summed E-state index contributed by atoms with van der Waals surface area (Å²) in [4.78, 5) is 12.1. The van der Waals surface area contributed by atoms with E-state index in [1.165, 1.54) is 6.21 Å². The van der Waals surface area contributed by atoms with Crippen molar-refractivity contribution < 1.29 is 9.21 Å². The largest absolute Gasteiger partial charge is 0.455 e. The Hall–Kier alpha value is -2.56. The number of furan rings is 1. The van der Waals surface area contributed by atoms with Gasteiger partial charge in [0.25, 0.3) is 5.91 Å². The van der Waals surface area contributed by atoms with Gasteiger partial charge in [-0.1, -0.05) is 41.4 Å². The number of carbonyl (C=O) groups is 1. The molecule has 1 aromatic heterocycles. The van der Waals surface area contributed by atoms with Crippen molar-refractivity contribution in [2.24, 2.45) is 5.10 Å². The summed E-state index contributed by atoms with van der Waals surface area (Å²) in [6.45, 7) is 1.90. The highest BCUT2D eigenvalue weighted by Crippen LogP contribution is 2.24. The minimum Gasteiger partial charge on any atom is -0.455 e. The summed E-state index contributed by atoms with van der Waals surface area (Å²) < 4.78 is 5.67. The second-order valence-corrected chi connectivity index (χ2v) is 6.24. The predicted molar refractivity (Wildman–Crippen MR) is 100 cm³/mol. The van der Waals surface area contributed by atoms with E-state index in [-0.39, 0.29) is 5.91 Å². The van der Waals surface area contributed by atoms with Crippen LogP contribution < -0.4 is 5.43 Å². The van der Waals surface area contributed by atoms with Gasteiger partial charge in [-0.15, -0.1) is 0 Å². The molecule has 25 heavy (non-hydrogen) atoms. The second-order valence-electron chi connectivity index (χ2n) is 5.39. The Balaban J connectivity index is 1.68. The van der Waals surface area contributed by atoms with E-state index in [0.29, 0.717) is 27.1 Å². The molecule has 2 aromatic carbocycles. The predicted octanol–water partition coefficient (Wildman–Crippen LogP) is 5.33. The average molecular weight is 373 g/mol. The van der Waals surface area contributed by atoms with Gasteiger partial charge in [-0.05, 0) is 48.9 Å². The summed E-state index contributed by atoms with van der Waals surface area (Å²) in [6, 6.07) is 16.1. The first-order chi connectivity index (χ1) is 12.0. The molecule has 0 saturated carbocycles. The smallest absolute Gasteiger partial charge is 0.272 e. The second kappa shape index (κ2) is 7.55. The first-order valence-electron chi connectivity index (χ1n) is 7.48. The van der Waals surface area contributed by atoms with E-state index >= 15 is 0 Å². The van der Waals surface area contributed by atoms with Gasteiger partial charge in [0.15, 0.2) is 0 Å². The third-order valence-corrected chi connectivity index (χ3v) is 4.01. The third kappa shape index (κ3) is 4.29. The van der Waals surface area contributed by atoms with Gasteiger partial charge in [0.05, 0.1) is 16.8 Å². The molecule has 0 unspecified atom stereocenters. The molecule has 1 N–H and O–H groups in total. The van der Waals surface area contributed by atoms with Crippen LogP contribution in [-0.4, -0.2) is 12.1 Å². The third-order valence-electron chi connectivity index (χ3n) is 3.46. The van der Waals surface area contributed by atoms with Crippen LogP contribution in [0.2, 0.25) is 10.0 Å². The number of rotatable bonds is 4. The summed E-state index contributed by atoms with van der Waals surface area (Å²) in [6.07, 6.45) is 1.42. The van der Waals surface area contributed by atoms with E-state index in [4.69, 9.17) is 27.6 Å². The first-order valence-corrected chi connectivity index (χ1v) is 8.24. The maximum atomic E-state index is 12.1. The number of hydrogen-bond acceptors (Lipinski definition) is 3. The normalized spacial score (nSPS) is 11.0. The van der Waals surface area contributed by atoms with E-state index < -0.39 is 0 Å². The van der Waals surface area contributed by atoms with Gasteiger partial charge < -0.3 is 4.42 Å². The fraction of sp³-hybridized carbons (Fsp3) is 0.0526. The summed E-state index contributed by atoms with van der Waals surface area (Å²) in [5.41, 5.74) is 4.64. The number of benzene rings is 2. The molecule has 126 valence electrons. The van der Waals surface area contributed by atoms with Crippen molar-refractivity contribution in [3.05, 3.63) is 81.5 Å². The maximum absolute atomic E-state index is 12.1. The van der Waals surface area contributed by atoms with Crippen LogP contribution in [0.5, 0.6) is 0 Å². The molecule has 1 amide bonds. The summed E-state index contributed by atoms with van der Waals surface area (Å²) in [5.74, 6) is 0.782. The van der Waals surface area contributed by atoms with Crippen molar-refractivity contribution in [2.75, 3.05) is 0 Å². The molecule has 4 nitrogen and oxygen atoms in total. The molecule has 1 heterocycles. The van der Waals surface area contributed by atoms with Crippen molar-refractivity contribution in [2.45, 2.75) is 6.92 Å². The highest BCUT2D eigenvalue weighted by atomic mass is 35.5. The van der Waals surface area contributed by atoms with Crippen LogP contribution in [-0.2, 0) is 0 Å². The molecule has 0 aliphatic heterocycles. The number of amides is 1. The number of nitrogens with zero attached hydrogens (tertiary/aromatic N) is 1. The zero-order valence-electron chi connectivity index (χ0n) is 13.3. The SMILES string of the molecule is Cc1ccc(C(=O)N/N=C\c2ccc(-c3cccc(Cl)c3)o2)c(Cl)c1. The monoisotopic (exact) mass is 372 g/mol. The number of aryl methyl sites for hydroxylation is 1. The molecule has 0 saturated heterocycles. The molecule has 0 fully saturated rings. The molecular weight excluding hydrogens is 359 g/mol. The van der Waals surface area contributed by atoms with E-state index in [9.17, 15) is 4.79 Å². The molecule has 0 radical (unpaired) electrons. The highest BCUT2D eigenvalue weighted by Gasteiger charge is 2.09. The Kier molecular flexibility index (Phi) is 5.22. The van der Waals surface area contributed by atoms with E-state index in [2.05, 4.69) is 10.5 Å². The zero-order valence-corrected chi connectivity index (χ0v) is 14.8. The molecule has 3 rings (SSSR count). The van der Waals surface area contributed by atoms with Gasteiger partial charge >= 0.3 is 0 Å². The van der Waals surface area contributed by atoms with Gasteiger partial charge in [-0.3, -0.25) is 4.79 Å². The Labute approximate surface area is 155 Å². The zero-order chi connectivity index (χ0) is 17.8. The van der Waals surface area contributed by atoms with Crippen molar-refractivity contribution in [3.63, 3.8) is 0 Å². The van der Waals surface area contributed by atoms with Crippen LogP contribution in [0.1, 0.15) is 21.7 Å². The van der Waals surface area contributed by atoms with Crippen molar-refractivity contribution in [1.82, 2.24) is 5.43 Å². The average Bonchev–Trinajstić information content (AvgIpc) is 3.03. The summed E-state index contributed by atoms with van der Waals surface area (Å²) in [5, 5.41) is 4.92. The van der Waals surface area contributed by atoms with Crippen LogP contribution in [0.4, 0.5) is 0 Å². The van der Waals surface area contributed by atoms with Crippen LogP contribution >= 0.6 is 23.2 Å². The number of hydrogen-bond donors (Lipinski definition) is 1. The van der Waals surface area contributed by atoms with E-state index in [0.717, 1.165) is 11.1 Å². The maximum Gasteiger partial charge on any atom is 0.272 e. The minimum absolute atomic E-state index is 0.364. The molecule has 0 spiro atoms. The van der Waals surface area contributed by atoms with Crippen LogP contribution in [0, 0.1) is 6.92 Å². The minimum atomic E-state index is -0.386. The van der Waals surface area contributed by atoms with Gasteiger partial charge in [-0.25, -0.2) is 5.43 Å². The Morgan fingerprint density at radius 2 is 1.96 bits per heavy atom. The van der Waals surface area contributed by atoms with Crippen molar-refractivity contribution in [3.8, 4) is 11.3 Å². The first kappa shape index (κ1) is 17.3. The van der Waals surface area contributed by atoms with Crippen molar-refractivity contribution in [1.29, 1.82) is 0 Å². The van der Waals surface area contributed by atoms with Crippen LogP contribution in [0.15, 0.2) is 64.1 Å². The Morgan fingerprint density at radius 3 is 2.72 bits per heavy atom. The van der Waals surface area contributed by atoms with Gasteiger partial charge in [0, 0.05) is 10.6 Å². The lowest BCUT2D eigenvalue weighted by Crippen LogP contribution is -2.18. The highest BCUT2D eigenvalue weighted by molar-refractivity contribution is 6.33. The molecule has 0 aliphatic carbocycles. The number of hydrazone groups is 1. The van der Waals surface area contributed by atoms with Gasteiger partial charge in [-0.2, -0.15) is 5.10 Å². The topological polar surface area (TPSA) is 54.6 Å². The van der Waals surface area contributed by atoms with Crippen molar-refractivity contribution >= 4 is 35.3 Å². The molecule has 3 aromatic rings. The van der Waals surface area contributed by atoms with Gasteiger partial charge in [0.2, 0.25) is 0 Å². The number of nitrogens with one attached hydrogen (secondary N) is 1. The standard InChI is InChI=1S/C19H14Cl2N2O2/c1-12-5-7-16(17(21)9-12)19(24)23-22-11-15-6-8-18(25-15)13-3-2-4-14(20)10-13/h2-11H,1H3,(H,23,24)/b22-11-. The lowest BCUT2D eigenvalue weighted by molar-refractivity contribution is 0.0955. The number of carbonyl (C=O) groups excluding carboxylic acids is 1. The molecular formula is C19H14Cl2N2O2. The lowest BCUT2D eigenvalue weighted by atomic mass is 10.1. The lowest BCUT2D eigenvalue weighted by Gasteiger charge is -2.03. The fourth-order valence-electron chi connectivity index (χ4n) is 2.24. The Morgan fingerprint density at radius 1 is 1.12 bits per heavy atom. The van der Waals surface area contributed by atoms with Gasteiger partial charge in [0.1, 0.15) is 11.5 Å². The van der Waals surface area contributed by atoms with Crippen LogP contribution in [0.3, 0.4) is 0 Å².